The molecule has 150 valence electrons. The van der Waals surface area contributed by atoms with E-state index in [2.05, 4.69) is 36.0 Å². The predicted molar refractivity (Wildman–Crippen MR) is 111 cm³/mol. The number of halogens is 2. The van der Waals surface area contributed by atoms with Gasteiger partial charge in [-0.25, -0.2) is 13.8 Å². The molecule has 1 aromatic carbocycles. The van der Waals surface area contributed by atoms with Crippen LogP contribution in [0.1, 0.15) is 35.5 Å². The molecule has 0 aliphatic heterocycles. The van der Waals surface area contributed by atoms with Crippen molar-refractivity contribution in [3.05, 3.63) is 64.3 Å². The van der Waals surface area contributed by atoms with E-state index < -0.39 is 12.2 Å². The molecule has 1 amide bonds. The number of aliphatic hydroxyl groups is 1. The summed E-state index contributed by atoms with van der Waals surface area (Å²) >= 11 is 3.42. The number of carbonyl (C=O) groups is 1. The number of nitrogens with one attached hydrogen (secondary N) is 1. The van der Waals surface area contributed by atoms with Crippen LogP contribution in [0.2, 0.25) is 0 Å². The molecular formula is C19H16BrFN4O3S. The molecule has 0 saturated carbocycles. The van der Waals surface area contributed by atoms with Crippen molar-refractivity contribution < 1.29 is 18.5 Å². The zero-order chi connectivity index (χ0) is 20.5. The summed E-state index contributed by atoms with van der Waals surface area (Å²) < 4.78 is 20.7. The van der Waals surface area contributed by atoms with Gasteiger partial charge in [0.05, 0.1) is 36.7 Å². The second-order valence-electron chi connectivity index (χ2n) is 6.49. The van der Waals surface area contributed by atoms with Gasteiger partial charge in [-0.05, 0) is 40.5 Å². The van der Waals surface area contributed by atoms with Crippen LogP contribution in [0.5, 0.6) is 0 Å². The lowest BCUT2D eigenvalue weighted by molar-refractivity contribution is 0.175. The summed E-state index contributed by atoms with van der Waals surface area (Å²) in [4.78, 5) is 20.2. The van der Waals surface area contributed by atoms with Gasteiger partial charge in [-0.1, -0.05) is 12.1 Å². The second-order valence-corrected chi connectivity index (χ2v) is 7.91. The number of hydrogen-bond donors (Lipinski definition) is 2. The number of pyridine rings is 1. The van der Waals surface area contributed by atoms with Gasteiger partial charge in [-0.2, -0.15) is 0 Å². The van der Waals surface area contributed by atoms with E-state index >= 15 is 0 Å². The van der Waals surface area contributed by atoms with Gasteiger partial charge in [-0.15, -0.1) is 3.89 Å². The third-order valence-corrected chi connectivity index (χ3v) is 5.76. The molecule has 2 heterocycles. The van der Waals surface area contributed by atoms with Crippen molar-refractivity contribution in [1.29, 1.82) is 0 Å². The third-order valence-electron chi connectivity index (χ3n) is 4.80. The highest BCUT2D eigenvalue weighted by molar-refractivity contribution is 9.10. The summed E-state index contributed by atoms with van der Waals surface area (Å²) in [5.74, 6) is 0.169. The smallest absolute Gasteiger partial charge is 0.411 e. The maximum absolute atomic E-state index is 13.9. The lowest BCUT2D eigenvalue weighted by atomic mass is 10.1. The zero-order valence-corrected chi connectivity index (χ0v) is 17.6. The first kappa shape index (κ1) is 19.9. The van der Waals surface area contributed by atoms with E-state index in [0.29, 0.717) is 29.3 Å². The average molecular weight is 479 g/mol. The number of imidazole rings is 1. The number of benzene rings is 1. The first-order valence-electron chi connectivity index (χ1n) is 8.67. The molecule has 0 bridgehead atoms. The SMILES string of the molecule is COC(=O)Nc1ccc(-c2cnc(C3CC(O)c4cc(Br)cnc43)n2SF)cc1. The highest BCUT2D eigenvalue weighted by atomic mass is 79.9. The minimum atomic E-state index is -0.679. The Morgan fingerprint density at radius 3 is 2.79 bits per heavy atom. The number of ether oxygens (including phenoxy) is 1. The van der Waals surface area contributed by atoms with Crippen molar-refractivity contribution in [2.75, 3.05) is 12.4 Å². The molecular weight excluding hydrogens is 463 g/mol. The zero-order valence-electron chi connectivity index (χ0n) is 15.2. The fraction of sp³-hybridized carbons (Fsp3) is 0.211. The molecule has 2 N–H and O–H groups in total. The Balaban J connectivity index is 1.67. The van der Waals surface area contributed by atoms with Crippen LogP contribution in [0.15, 0.2) is 47.2 Å². The Hall–Kier alpha value is -2.43. The number of methoxy groups -OCH3 is 1. The van der Waals surface area contributed by atoms with Crippen molar-refractivity contribution >= 4 is 40.0 Å². The second kappa shape index (κ2) is 8.13. The summed E-state index contributed by atoms with van der Waals surface area (Å²) in [6.07, 6.45) is 2.39. The Morgan fingerprint density at radius 1 is 1.34 bits per heavy atom. The molecule has 1 aliphatic rings. The van der Waals surface area contributed by atoms with Crippen LogP contribution >= 0.6 is 28.3 Å². The van der Waals surface area contributed by atoms with Crippen molar-refractivity contribution in [2.24, 2.45) is 0 Å². The number of anilines is 1. The highest BCUT2D eigenvalue weighted by Crippen LogP contribution is 2.44. The number of hydrogen-bond acceptors (Lipinski definition) is 6. The summed E-state index contributed by atoms with van der Waals surface area (Å²) in [7, 11) is 1.29. The van der Waals surface area contributed by atoms with Crippen LogP contribution in [-0.2, 0) is 4.74 Å². The third kappa shape index (κ3) is 3.75. The Kier molecular flexibility index (Phi) is 5.57. The molecule has 2 atom stereocenters. The number of nitrogens with zero attached hydrogens (tertiary/aromatic N) is 3. The first-order chi connectivity index (χ1) is 14.0. The van der Waals surface area contributed by atoms with Crippen LogP contribution in [-0.4, -0.2) is 32.2 Å². The standard InChI is InChI=1S/C19H16BrFN4O3S/c1-28-19(27)24-12-4-2-10(3-5-12)15-9-23-18(25(15)29-21)14-7-16(26)13-6-11(20)8-22-17(13)14/h2-6,8-9,14,16,26H,7H2,1H3,(H,24,27). The van der Waals surface area contributed by atoms with Gasteiger partial charge in [-0.3, -0.25) is 10.3 Å². The van der Waals surface area contributed by atoms with Crippen LogP contribution in [0.4, 0.5) is 14.4 Å². The number of aliphatic hydroxyl groups excluding tert-OH is 1. The van der Waals surface area contributed by atoms with E-state index in [-0.39, 0.29) is 18.3 Å². The largest absolute Gasteiger partial charge is 0.453 e. The summed E-state index contributed by atoms with van der Waals surface area (Å²) in [5.41, 5.74) is 3.28. The van der Waals surface area contributed by atoms with E-state index in [0.717, 1.165) is 15.6 Å². The molecule has 2 aromatic heterocycles. The van der Waals surface area contributed by atoms with Crippen LogP contribution < -0.4 is 5.32 Å². The molecule has 0 saturated heterocycles. The Morgan fingerprint density at radius 2 is 2.10 bits per heavy atom. The molecule has 0 spiro atoms. The Labute approximate surface area is 178 Å². The van der Waals surface area contributed by atoms with Crippen molar-refractivity contribution in [1.82, 2.24) is 13.9 Å². The number of carbonyl (C=O) groups excluding carboxylic acids is 1. The molecule has 7 nitrogen and oxygen atoms in total. The van der Waals surface area contributed by atoms with E-state index in [1.54, 1.807) is 36.7 Å². The predicted octanol–water partition coefficient (Wildman–Crippen LogP) is 4.84. The molecule has 2 unspecified atom stereocenters. The lowest BCUT2D eigenvalue weighted by Gasteiger charge is -2.12. The van der Waals surface area contributed by atoms with Gasteiger partial charge in [0.25, 0.3) is 0 Å². The maximum atomic E-state index is 13.9. The average Bonchev–Trinajstić information content (AvgIpc) is 3.29. The van der Waals surface area contributed by atoms with E-state index in [1.807, 2.05) is 6.07 Å². The number of rotatable bonds is 4. The van der Waals surface area contributed by atoms with Crippen molar-refractivity contribution in [3.8, 4) is 11.3 Å². The number of aromatic nitrogens is 3. The summed E-state index contributed by atoms with van der Waals surface area (Å²) in [6.45, 7) is 0. The molecule has 0 fully saturated rings. The van der Waals surface area contributed by atoms with Crippen LogP contribution in [0.3, 0.4) is 0 Å². The molecule has 0 radical (unpaired) electrons. The Bertz CT molecular complexity index is 1060. The van der Waals surface area contributed by atoms with E-state index in [4.69, 9.17) is 0 Å². The van der Waals surface area contributed by atoms with Gasteiger partial charge in [0.15, 0.2) is 12.3 Å². The fourth-order valence-electron chi connectivity index (χ4n) is 3.46. The van der Waals surface area contributed by atoms with Gasteiger partial charge < -0.3 is 9.84 Å². The van der Waals surface area contributed by atoms with Crippen molar-refractivity contribution in [2.45, 2.75) is 18.4 Å². The van der Waals surface area contributed by atoms with Crippen LogP contribution in [0, 0.1) is 0 Å². The van der Waals surface area contributed by atoms with Crippen LogP contribution in [0.25, 0.3) is 11.3 Å². The topological polar surface area (TPSA) is 89.3 Å². The van der Waals surface area contributed by atoms with Gasteiger partial charge in [0.2, 0.25) is 0 Å². The quantitative estimate of drug-likeness (QED) is 0.557. The lowest BCUT2D eigenvalue weighted by Crippen LogP contribution is -2.10. The van der Waals surface area contributed by atoms with Gasteiger partial charge >= 0.3 is 6.09 Å². The molecule has 10 heteroatoms. The monoisotopic (exact) mass is 478 g/mol. The summed E-state index contributed by atoms with van der Waals surface area (Å²) in [5, 5.41) is 13.0. The molecule has 3 aromatic rings. The maximum Gasteiger partial charge on any atom is 0.411 e. The number of fused-ring (bicyclic) bond motifs is 1. The summed E-state index contributed by atoms with van der Waals surface area (Å²) in [6, 6.07) is 8.73. The van der Waals surface area contributed by atoms with E-state index in [1.165, 1.54) is 11.1 Å². The van der Waals surface area contributed by atoms with Gasteiger partial charge in [0.1, 0.15) is 5.82 Å². The molecule has 1 aliphatic carbocycles. The minimum absolute atomic E-state index is 0.0537. The van der Waals surface area contributed by atoms with E-state index in [9.17, 15) is 13.8 Å². The normalized spacial score (nSPS) is 17.8. The molecule has 4 rings (SSSR count). The van der Waals surface area contributed by atoms with Gasteiger partial charge in [0, 0.05) is 27.5 Å². The minimum Gasteiger partial charge on any atom is -0.453 e. The number of amides is 1. The van der Waals surface area contributed by atoms with Crippen molar-refractivity contribution in [3.63, 3.8) is 0 Å². The fourth-order valence-corrected chi connectivity index (χ4v) is 4.28. The molecule has 29 heavy (non-hydrogen) atoms. The first-order valence-corrected chi connectivity index (χ1v) is 10.1. The highest BCUT2D eigenvalue weighted by Gasteiger charge is 2.36.